The number of carboxylic acid groups (broad SMARTS) is 1. The van der Waals surface area contributed by atoms with Gasteiger partial charge in [-0.3, -0.25) is 4.79 Å². The molecule has 0 atom stereocenters. The van der Waals surface area contributed by atoms with E-state index in [0.29, 0.717) is 0 Å². The molecule has 114 valence electrons. The highest BCUT2D eigenvalue weighted by atomic mass is 32.2. The average Bonchev–Trinajstić information content (AvgIpc) is 2.84. The number of hydrogen-bond acceptors (Lipinski definition) is 5. The first-order valence-electron chi connectivity index (χ1n) is 7.03. The number of thioether (sulfide) groups is 1. The largest absolute Gasteiger partial charge is 0.481 e. The lowest BCUT2D eigenvalue weighted by molar-refractivity contribution is -0.133. The average molecular weight is 308 g/mol. The van der Waals surface area contributed by atoms with Gasteiger partial charge in [0, 0.05) is 19.3 Å². The third kappa shape index (κ3) is 3.95. The Morgan fingerprint density at radius 1 is 1.43 bits per heavy atom. The molecule has 2 aromatic heterocycles. The first-order valence-corrected chi connectivity index (χ1v) is 8.02. The number of carbonyl (C=O) groups is 1. The summed E-state index contributed by atoms with van der Waals surface area (Å²) in [6.45, 7) is 7.91. The number of hydrogen-bond donors (Lipinski definition) is 1. The van der Waals surface area contributed by atoms with E-state index in [-0.39, 0.29) is 5.75 Å². The van der Waals surface area contributed by atoms with Crippen LogP contribution < -0.4 is 0 Å². The number of aliphatic carboxylic acids is 1. The summed E-state index contributed by atoms with van der Waals surface area (Å²) in [6, 6.07) is 3.75. The van der Waals surface area contributed by atoms with Crippen molar-refractivity contribution in [3.8, 4) is 0 Å². The number of rotatable bonds is 8. The van der Waals surface area contributed by atoms with E-state index in [2.05, 4.69) is 28.7 Å². The molecule has 2 rings (SSSR count). The summed E-state index contributed by atoms with van der Waals surface area (Å²) in [4.78, 5) is 22.0. The van der Waals surface area contributed by atoms with Crippen molar-refractivity contribution in [2.75, 3.05) is 25.4 Å². The number of imidazole rings is 1. The minimum Gasteiger partial charge on any atom is -0.481 e. The van der Waals surface area contributed by atoms with E-state index in [9.17, 15) is 4.79 Å². The molecule has 0 aromatic carbocycles. The molecule has 0 saturated heterocycles. The fourth-order valence-electron chi connectivity index (χ4n) is 2.16. The van der Waals surface area contributed by atoms with E-state index >= 15 is 0 Å². The monoisotopic (exact) mass is 308 g/mol. The van der Waals surface area contributed by atoms with Gasteiger partial charge in [-0.15, -0.1) is 0 Å². The van der Waals surface area contributed by atoms with Gasteiger partial charge in [0.1, 0.15) is 5.52 Å². The summed E-state index contributed by atoms with van der Waals surface area (Å²) in [6.07, 6.45) is 1.74. The lowest BCUT2D eigenvalue weighted by Gasteiger charge is -2.18. The smallest absolute Gasteiger partial charge is 0.313 e. The normalized spacial score (nSPS) is 11.4. The van der Waals surface area contributed by atoms with Gasteiger partial charge in [-0.2, -0.15) is 0 Å². The molecular weight excluding hydrogens is 288 g/mol. The van der Waals surface area contributed by atoms with E-state index in [1.807, 2.05) is 16.7 Å². The van der Waals surface area contributed by atoms with Crippen molar-refractivity contribution in [2.24, 2.45) is 0 Å². The first kappa shape index (κ1) is 15.8. The zero-order chi connectivity index (χ0) is 15.2. The Bertz CT molecular complexity index is 610. The molecule has 0 spiro atoms. The second kappa shape index (κ2) is 7.42. The van der Waals surface area contributed by atoms with Gasteiger partial charge in [0.05, 0.1) is 5.75 Å². The van der Waals surface area contributed by atoms with Crippen LogP contribution in [0.4, 0.5) is 0 Å². The Balaban J connectivity index is 2.24. The number of likely N-dealkylation sites (N-methyl/N-ethyl adjacent to an activating group) is 1. The lowest BCUT2D eigenvalue weighted by atomic mass is 10.4. The molecule has 0 aliphatic rings. The second-order valence-electron chi connectivity index (χ2n) is 4.60. The lowest BCUT2D eigenvalue weighted by Crippen LogP contribution is -2.27. The molecule has 6 nitrogen and oxygen atoms in total. The molecule has 0 amide bonds. The van der Waals surface area contributed by atoms with E-state index in [1.165, 1.54) is 11.8 Å². The molecule has 0 fully saturated rings. The number of carboxylic acids is 1. The van der Waals surface area contributed by atoms with Crippen molar-refractivity contribution in [1.29, 1.82) is 0 Å². The predicted molar refractivity (Wildman–Crippen MR) is 83.7 cm³/mol. The zero-order valence-electron chi connectivity index (χ0n) is 12.3. The molecule has 0 aliphatic carbocycles. The molecule has 2 aromatic rings. The van der Waals surface area contributed by atoms with E-state index in [0.717, 1.165) is 42.5 Å². The quantitative estimate of drug-likeness (QED) is 0.752. The topological polar surface area (TPSA) is 71.2 Å². The Labute approximate surface area is 128 Å². The predicted octanol–water partition coefficient (Wildman–Crippen LogP) is 1.95. The van der Waals surface area contributed by atoms with Crippen LogP contribution in [-0.2, 0) is 11.3 Å². The Morgan fingerprint density at radius 3 is 2.86 bits per heavy atom. The summed E-state index contributed by atoms with van der Waals surface area (Å²) < 4.78 is 2.02. The van der Waals surface area contributed by atoms with Gasteiger partial charge in [0.2, 0.25) is 0 Å². The van der Waals surface area contributed by atoms with Crippen molar-refractivity contribution >= 4 is 28.9 Å². The summed E-state index contributed by atoms with van der Waals surface area (Å²) >= 11 is 1.24. The minimum atomic E-state index is -0.838. The molecule has 0 unspecified atom stereocenters. The van der Waals surface area contributed by atoms with Crippen LogP contribution in [0.15, 0.2) is 23.5 Å². The van der Waals surface area contributed by atoms with Crippen molar-refractivity contribution in [3.05, 3.63) is 18.3 Å². The number of nitrogens with zero attached hydrogens (tertiary/aromatic N) is 4. The third-order valence-corrected chi connectivity index (χ3v) is 4.29. The molecule has 0 bridgehead atoms. The standard InChI is InChI=1S/C14H20N4O2S/c1-3-17(4-2)8-9-18-13-11(6-5-7-15-13)16-14(18)21-10-12(19)20/h5-7H,3-4,8-10H2,1-2H3,(H,19,20). The molecule has 2 heterocycles. The van der Waals surface area contributed by atoms with Crippen LogP contribution in [0.5, 0.6) is 0 Å². The minimum absolute atomic E-state index is 0.00852. The van der Waals surface area contributed by atoms with Crippen LogP contribution in [0.3, 0.4) is 0 Å². The maximum Gasteiger partial charge on any atom is 0.313 e. The van der Waals surface area contributed by atoms with Crippen LogP contribution in [0.25, 0.3) is 11.2 Å². The molecule has 0 saturated carbocycles. The zero-order valence-corrected chi connectivity index (χ0v) is 13.1. The Hall–Kier alpha value is -1.60. The summed E-state index contributed by atoms with van der Waals surface area (Å²) in [5, 5.41) is 9.57. The third-order valence-electron chi connectivity index (χ3n) is 3.33. The molecule has 21 heavy (non-hydrogen) atoms. The SMILES string of the molecule is CCN(CC)CCn1c(SCC(=O)O)nc2cccnc21. The van der Waals surface area contributed by atoms with Crippen LogP contribution in [0, 0.1) is 0 Å². The first-order chi connectivity index (χ1) is 10.2. The van der Waals surface area contributed by atoms with Gasteiger partial charge >= 0.3 is 5.97 Å². The Morgan fingerprint density at radius 2 is 2.19 bits per heavy atom. The highest BCUT2D eigenvalue weighted by Crippen LogP contribution is 2.22. The molecule has 1 N–H and O–H groups in total. The Kier molecular flexibility index (Phi) is 5.58. The molecule has 7 heteroatoms. The van der Waals surface area contributed by atoms with Gasteiger partial charge in [-0.05, 0) is 25.2 Å². The van der Waals surface area contributed by atoms with Crippen LogP contribution >= 0.6 is 11.8 Å². The van der Waals surface area contributed by atoms with Crippen molar-refractivity contribution in [3.63, 3.8) is 0 Å². The van der Waals surface area contributed by atoms with E-state index < -0.39 is 5.97 Å². The van der Waals surface area contributed by atoms with Crippen molar-refractivity contribution < 1.29 is 9.90 Å². The number of aromatic nitrogens is 3. The van der Waals surface area contributed by atoms with E-state index in [1.54, 1.807) is 6.20 Å². The molecule has 0 radical (unpaired) electrons. The highest BCUT2D eigenvalue weighted by molar-refractivity contribution is 7.99. The summed E-state index contributed by atoms with van der Waals surface area (Å²) in [5.74, 6) is -0.829. The number of fused-ring (bicyclic) bond motifs is 1. The van der Waals surface area contributed by atoms with Gasteiger partial charge in [0.15, 0.2) is 10.8 Å². The van der Waals surface area contributed by atoms with Crippen molar-refractivity contribution in [1.82, 2.24) is 19.4 Å². The summed E-state index contributed by atoms with van der Waals surface area (Å²) in [7, 11) is 0. The van der Waals surface area contributed by atoms with Gasteiger partial charge in [-0.25, -0.2) is 9.97 Å². The van der Waals surface area contributed by atoms with Crippen molar-refractivity contribution in [2.45, 2.75) is 25.5 Å². The van der Waals surface area contributed by atoms with Gasteiger partial charge in [0.25, 0.3) is 0 Å². The van der Waals surface area contributed by atoms with Gasteiger partial charge < -0.3 is 14.6 Å². The fraction of sp³-hybridized carbons (Fsp3) is 0.500. The number of pyridine rings is 1. The molecular formula is C14H20N4O2S. The van der Waals surface area contributed by atoms with Gasteiger partial charge in [-0.1, -0.05) is 25.6 Å². The molecule has 0 aliphatic heterocycles. The maximum atomic E-state index is 10.8. The van der Waals surface area contributed by atoms with Crippen LogP contribution in [0.1, 0.15) is 13.8 Å². The fourth-order valence-corrected chi connectivity index (χ4v) is 2.91. The second-order valence-corrected chi connectivity index (χ2v) is 5.54. The highest BCUT2D eigenvalue weighted by Gasteiger charge is 2.14. The van der Waals surface area contributed by atoms with Crippen LogP contribution in [0.2, 0.25) is 0 Å². The van der Waals surface area contributed by atoms with Crippen LogP contribution in [-0.4, -0.2) is 55.9 Å². The summed E-state index contributed by atoms with van der Waals surface area (Å²) in [5.41, 5.74) is 1.63. The van der Waals surface area contributed by atoms with E-state index in [4.69, 9.17) is 5.11 Å². The maximum absolute atomic E-state index is 10.8.